The van der Waals surface area contributed by atoms with E-state index in [0.29, 0.717) is 6.04 Å². The third-order valence-electron chi connectivity index (χ3n) is 3.86. The number of rotatable bonds is 4. The fourth-order valence-electron chi connectivity index (χ4n) is 2.89. The van der Waals surface area contributed by atoms with Crippen LogP contribution in [0.3, 0.4) is 0 Å². The van der Waals surface area contributed by atoms with E-state index in [1.807, 2.05) is 0 Å². The number of piperidine rings is 1. The first-order valence-electron chi connectivity index (χ1n) is 6.39. The van der Waals surface area contributed by atoms with Gasteiger partial charge in [-0.15, -0.1) is 0 Å². The first kappa shape index (κ1) is 11.4. The van der Waals surface area contributed by atoms with E-state index in [2.05, 4.69) is 17.3 Å². The second kappa shape index (κ2) is 5.28. The molecule has 1 unspecified atom stereocenters. The van der Waals surface area contributed by atoms with Gasteiger partial charge in [-0.1, -0.05) is 0 Å². The summed E-state index contributed by atoms with van der Waals surface area (Å²) in [5.41, 5.74) is 5.77. The van der Waals surface area contributed by atoms with Crippen LogP contribution in [0.25, 0.3) is 0 Å². The van der Waals surface area contributed by atoms with Gasteiger partial charge >= 0.3 is 0 Å². The first-order chi connectivity index (χ1) is 7.24. The van der Waals surface area contributed by atoms with Gasteiger partial charge in [-0.05, 0) is 64.2 Å². The standard InChI is InChI=1S/C12H25N3/c1-15-4-2-3-10(9-15)7-14-8-11-5-12(13)6-11/h10-12,14H,2-9,13H2,1H3. The number of hydrogen-bond acceptors (Lipinski definition) is 3. The molecule has 1 aliphatic carbocycles. The predicted molar refractivity (Wildman–Crippen MR) is 63.8 cm³/mol. The molecule has 0 aromatic heterocycles. The van der Waals surface area contributed by atoms with Crippen LogP contribution < -0.4 is 11.1 Å². The van der Waals surface area contributed by atoms with E-state index >= 15 is 0 Å². The lowest BCUT2D eigenvalue weighted by Gasteiger charge is -2.34. The number of nitrogens with one attached hydrogen (secondary N) is 1. The average molecular weight is 211 g/mol. The van der Waals surface area contributed by atoms with E-state index in [4.69, 9.17) is 5.73 Å². The molecule has 3 heteroatoms. The maximum absolute atomic E-state index is 5.77. The molecule has 3 N–H and O–H groups in total. The van der Waals surface area contributed by atoms with Crippen LogP contribution in [-0.4, -0.2) is 44.2 Å². The molecule has 1 aliphatic heterocycles. The molecule has 0 bridgehead atoms. The van der Waals surface area contributed by atoms with E-state index in [9.17, 15) is 0 Å². The van der Waals surface area contributed by atoms with Crippen LogP contribution in [0.2, 0.25) is 0 Å². The normalized spacial score (nSPS) is 37.6. The van der Waals surface area contributed by atoms with Gasteiger partial charge in [0, 0.05) is 12.6 Å². The minimum atomic E-state index is 0.498. The maximum Gasteiger partial charge on any atom is 0.00450 e. The molecule has 0 radical (unpaired) electrons. The zero-order chi connectivity index (χ0) is 10.7. The lowest BCUT2D eigenvalue weighted by Crippen LogP contribution is -2.43. The molecule has 0 aromatic rings. The summed E-state index contributed by atoms with van der Waals surface area (Å²) in [5, 5.41) is 3.62. The smallest absolute Gasteiger partial charge is 0.00450 e. The van der Waals surface area contributed by atoms with E-state index in [1.54, 1.807) is 0 Å². The Balaban J connectivity index is 1.53. The molecule has 3 nitrogen and oxygen atoms in total. The molecule has 1 saturated heterocycles. The van der Waals surface area contributed by atoms with Gasteiger partial charge in [0.15, 0.2) is 0 Å². The zero-order valence-electron chi connectivity index (χ0n) is 9.91. The van der Waals surface area contributed by atoms with Gasteiger partial charge in [-0.25, -0.2) is 0 Å². The lowest BCUT2D eigenvalue weighted by molar-refractivity contribution is 0.196. The molecule has 1 heterocycles. The van der Waals surface area contributed by atoms with Crippen LogP contribution >= 0.6 is 0 Å². The summed E-state index contributed by atoms with van der Waals surface area (Å²) in [6.07, 6.45) is 5.24. The van der Waals surface area contributed by atoms with Crippen LogP contribution in [-0.2, 0) is 0 Å². The van der Waals surface area contributed by atoms with E-state index in [-0.39, 0.29) is 0 Å². The molecule has 2 rings (SSSR count). The Morgan fingerprint density at radius 1 is 1.27 bits per heavy atom. The molecule has 0 spiro atoms. The van der Waals surface area contributed by atoms with Gasteiger partial charge in [-0.3, -0.25) is 0 Å². The van der Waals surface area contributed by atoms with E-state index in [0.717, 1.165) is 11.8 Å². The van der Waals surface area contributed by atoms with Crippen molar-refractivity contribution in [1.29, 1.82) is 0 Å². The van der Waals surface area contributed by atoms with Crippen LogP contribution in [0.1, 0.15) is 25.7 Å². The third-order valence-corrected chi connectivity index (χ3v) is 3.86. The van der Waals surface area contributed by atoms with Crippen molar-refractivity contribution in [1.82, 2.24) is 10.2 Å². The Hall–Kier alpha value is -0.120. The molecule has 1 saturated carbocycles. The summed E-state index contributed by atoms with van der Waals surface area (Å²) < 4.78 is 0. The van der Waals surface area contributed by atoms with Crippen molar-refractivity contribution in [3.05, 3.63) is 0 Å². The predicted octanol–water partition coefficient (Wildman–Crippen LogP) is 0.655. The summed E-state index contributed by atoms with van der Waals surface area (Å²) in [5.74, 6) is 1.74. The summed E-state index contributed by atoms with van der Waals surface area (Å²) >= 11 is 0. The summed E-state index contributed by atoms with van der Waals surface area (Å²) in [7, 11) is 2.23. The lowest BCUT2D eigenvalue weighted by atomic mass is 9.81. The SMILES string of the molecule is CN1CCCC(CNCC2CC(N)C2)C1. The van der Waals surface area contributed by atoms with E-state index < -0.39 is 0 Å². The van der Waals surface area contributed by atoms with Gasteiger partial charge in [0.2, 0.25) is 0 Å². The molecule has 0 amide bonds. The Morgan fingerprint density at radius 2 is 2.00 bits per heavy atom. The second-order valence-corrected chi connectivity index (χ2v) is 5.53. The molecular weight excluding hydrogens is 186 g/mol. The summed E-state index contributed by atoms with van der Waals surface area (Å²) in [4.78, 5) is 2.45. The van der Waals surface area contributed by atoms with E-state index in [1.165, 1.54) is 51.9 Å². The summed E-state index contributed by atoms with van der Waals surface area (Å²) in [6, 6.07) is 0.498. The van der Waals surface area contributed by atoms with Crippen LogP contribution in [0.15, 0.2) is 0 Å². The second-order valence-electron chi connectivity index (χ2n) is 5.53. The number of hydrogen-bond donors (Lipinski definition) is 2. The summed E-state index contributed by atoms with van der Waals surface area (Å²) in [6.45, 7) is 4.95. The fraction of sp³-hybridized carbons (Fsp3) is 1.00. The number of nitrogens with two attached hydrogens (primary N) is 1. The fourth-order valence-corrected chi connectivity index (χ4v) is 2.89. The minimum Gasteiger partial charge on any atom is -0.328 e. The molecule has 2 aliphatic rings. The highest BCUT2D eigenvalue weighted by Gasteiger charge is 2.25. The van der Waals surface area contributed by atoms with Crippen molar-refractivity contribution < 1.29 is 0 Å². The third kappa shape index (κ3) is 3.44. The van der Waals surface area contributed by atoms with Gasteiger partial charge in [0.1, 0.15) is 0 Å². The largest absolute Gasteiger partial charge is 0.328 e. The van der Waals surface area contributed by atoms with Crippen molar-refractivity contribution in [2.45, 2.75) is 31.7 Å². The molecule has 15 heavy (non-hydrogen) atoms. The van der Waals surface area contributed by atoms with Gasteiger partial charge < -0.3 is 16.0 Å². The maximum atomic E-state index is 5.77. The number of likely N-dealkylation sites (tertiary alicyclic amines) is 1. The highest BCUT2D eigenvalue weighted by Crippen LogP contribution is 2.24. The Morgan fingerprint density at radius 3 is 2.67 bits per heavy atom. The van der Waals surface area contributed by atoms with Crippen molar-refractivity contribution in [3.8, 4) is 0 Å². The van der Waals surface area contributed by atoms with Crippen LogP contribution in [0, 0.1) is 11.8 Å². The van der Waals surface area contributed by atoms with Crippen molar-refractivity contribution in [2.24, 2.45) is 17.6 Å². The Labute approximate surface area is 93.4 Å². The Bertz CT molecular complexity index is 189. The molecule has 1 atom stereocenters. The van der Waals surface area contributed by atoms with Gasteiger partial charge in [0.05, 0.1) is 0 Å². The average Bonchev–Trinajstić information content (AvgIpc) is 2.15. The quantitative estimate of drug-likeness (QED) is 0.717. The first-order valence-corrected chi connectivity index (χ1v) is 6.39. The topological polar surface area (TPSA) is 41.3 Å². The van der Waals surface area contributed by atoms with Crippen molar-refractivity contribution >= 4 is 0 Å². The Kier molecular flexibility index (Phi) is 4.00. The molecular formula is C12H25N3. The monoisotopic (exact) mass is 211 g/mol. The van der Waals surface area contributed by atoms with Crippen molar-refractivity contribution in [2.75, 3.05) is 33.2 Å². The number of nitrogens with zero attached hydrogens (tertiary/aromatic N) is 1. The van der Waals surface area contributed by atoms with Crippen molar-refractivity contribution in [3.63, 3.8) is 0 Å². The zero-order valence-corrected chi connectivity index (χ0v) is 9.91. The highest BCUT2D eigenvalue weighted by molar-refractivity contribution is 4.83. The molecule has 88 valence electrons. The molecule has 0 aromatic carbocycles. The van der Waals surface area contributed by atoms with Crippen LogP contribution in [0.5, 0.6) is 0 Å². The minimum absolute atomic E-state index is 0.498. The van der Waals surface area contributed by atoms with Gasteiger partial charge in [0.25, 0.3) is 0 Å². The molecule has 2 fully saturated rings. The van der Waals surface area contributed by atoms with Gasteiger partial charge in [-0.2, -0.15) is 0 Å². The van der Waals surface area contributed by atoms with Crippen LogP contribution in [0.4, 0.5) is 0 Å². The highest BCUT2D eigenvalue weighted by atomic mass is 15.1.